The van der Waals surface area contributed by atoms with E-state index in [-0.39, 0.29) is 5.91 Å². The van der Waals surface area contributed by atoms with Crippen LogP contribution in [0.4, 0.5) is 0 Å². The maximum Gasteiger partial charge on any atom is 0.245 e. The normalized spacial score (nSPS) is 18.5. The van der Waals surface area contributed by atoms with Crippen molar-refractivity contribution in [1.82, 2.24) is 4.90 Å². The summed E-state index contributed by atoms with van der Waals surface area (Å²) in [6, 6.07) is 2.05. The molecule has 1 aromatic heterocycles. The highest BCUT2D eigenvalue weighted by Gasteiger charge is 2.26. The zero-order valence-corrected chi connectivity index (χ0v) is 12.6. The van der Waals surface area contributed by atoms with Crippen molar-refractivity contribution in [2.24, 2.45) is 0 Å². The molecule has 0 spiro atoms. The molecule has 0 aromatic carbocycles. The number of hydrogen-bond acceptors (Lipinski definition) is 2. The summed E-state index contributed by atoms with van der Waals surface area (Å²) in [4.78, 5) is 16.7. The highest BCUT2D eigenvalue weighted by Crippen LogP contribution is 2.32. The average molecular weight is 286 g/mol. The summed E-state index contributed by atoms with van der Waals surface area (Å²) in [7, 11) is 0. The molecule has 18 heavy (non-hydrogen) atoms. The Labute approximate surface area is 118 Å². The number of nitrogens with zero attached hydrogens (tertiary/aromatic N) is 1. The van der Waals surface area contributed by atoms with Gasteiger partial charge < -0.3 is 4.90 Å². The summed E-state index contributed by atoms with van der Waals surface area (Å²) >= 11 is 8.09. The summed E-state index contributed by atoms with van der Waals surface area (Å²) in [6.07, 6.45) is 4.68. The molecule has 2 nitrogen and oxygen atoms in total. The number of hydrogen-bond donors (Lipinski definition) is 0. The lowest BCUT2D eigenvalue weighted by atomic mass is 10.1. The van der Waals surface area contributed by atoms with E-state index in [2.05, 4.69) is 6.92 Å². The topological polar surface area (TPSA) is 20.3 Å². The molecule has 0 bridgehead atoms. The zero-order chi connectivity index (χ0) is 13.1. The molecule has 1 atom stereocenters. The number of carbonyl (C=O) groups is 1. The molecule has 0 aliphatic carbocycles. The Morgan fingerprint density at radius 3 is 2.39 bits per heavy atom. The molecule has 1 aliphatic rings. The highest BCUT2D eigenvalue weighted by molar-refractivity contribution is 7.12. The van der Waals surface area contributed by atoms with E-state index < -0.39 is 5.38 Å². The predicted octanol–water partition coefficient (Wildman–Crippen LogP) is 4.05. The molecular weight excluding hydrogens is 266 g/mol. The molecule has 1 unspecified atom stereocenters. The highest BCUT2D eigenvalue weighted by atomic mass is 35.5. The number of thiophene rings is 1. The van der Waals surface area contributed by atoms with Gasteiger partial charge in [0.15, 0.2) is 0 Å². The molecule has 100 valence electrons. The van der Waals surface area contributed by atoms with Gasteiger partial charge in [-0.3, -0.25) is 4.79 Å². The number of rotatable bonds is 2. The van der Waals surface area contributed by atoms with E-state index in [4.69, 9.17) is 11.6 Å². The maximum atomic E-state index is 12.4. The van der Waals surface area contributed by atoms with Crippen molar-refractivity contribution in [3.8, 4) is 0 Å². The molecular formula is C14H20ClNOS. The van der Waals surface area contributed by atoms with Gasteiger partial charge in [0.05, 0.1) is 0 Å². The summed E-state index contributed by atoms with van der Waals surface area (Å²) in [5.74, 6) is 0.0828. The van der Waals surface area contributed by atoms with Crippen molar-refractivity contribution in [2.45, 2.75) is 44.9 Å². The van der Waals surface area contributed by atoms with Gasteiger partial charge in [-0.1, -0.05) is 12.8 Å². The fourth-order valence-corrected chi connectivity index (χ4v) is 3.88. The third kappa shape index (κ3) is 3.07. The summed E-state index contributed by atoms with van der Waals surface area (Å²) < 4.78 is 0. The molecule has 0 N–H and O–H groups in total. The van der Waals surface area contributed by atoms with E-state index in [1.165, 1.54) is 17.7 Å². The van der Waals surface area contributed by atoms with Crippen LogP contribution in [0, 0.1) is 13.8 Å². The maximum absolute atomic E-state index is 12.4. The molecule has 2 rings (SSSR count). The van der Waals surface area contributed by atoms with Gasteiger partial charge in [-0.2, -0.15) is 0 Å². The predicted molar refractivity (Wildman–Crippen MR) is 77.4 cm³/mol. The third-order valence-corrected chi connectivity index (χ3v) is 4.89. The second-order valence-corrected chi connectivity index (χ2v) is 6.87. The zero-order valence-electron chi connectivity index (χ0n) is 11.0. The lowest BCUT2D eigenvalue weighted by Gasteiger charge is -2.23. The minimum absolute atomic E-state index is 0.0828. The van der Waals surface area contributed by atoms with E-state index in [0.29, 0.717) is 0 Å². The largest absolute Gasteiger partial charge is 0.341 e. The molecule has 0 radical (unpaired) electrons. The Kier molecular flexibility index (Phi) is 4.68. The van der Waals surface area contributed by atoms with Crippen LogP contribution in [0.2, 0.25) is 0 Å². The fourth-order valence-electron chi connectivity index (χ4n) is 2.49. The fraction of sp³-hybridized carbons (Fsp3) is 0.643. The first-order valence-corrected chi connectivity index (χ1v) is 7.84. The quantitative estimate of drug-likeness (QED) is 0.751. The van der Waals surface area contributed by atoms with Crippen LogP contribution in [-0.2, 0) is 4.79 Å². The van der Waals surface area contributed by atoms with Crippen LogP contribution >= 0.6 is 22.9 Å². The van der Waals surface area contributed by atoms with E-state index >= 15 is 0 Å². The van der Waals surface area contributed by atoms with Crippen LogP contribution < -0.4 is 0 Å². The molecule has 0 saturated carbocycles. The van der Waals surface area contributed by atoms with Gasteiger partial charge in [0.25, 0.3) is 0 Å². The standard InChI is InChI=1S/C14H20ClNOS/c1-10-9-12(11(2)18-10)13(15)14(17)16-7-5-3-4-6-8-16/h9,13H,3-8H2,1-2H3. The summed E-state index contributed by atoms with van der Waals surface area (Å²) in [5, 5.41) is -0.506. The number of likely N-dealkylation sites (tertiary alicyclic amines) is 1. The van der Waals surface area contributed by atoms with Crippen LogP contribution in [-0.4, -0.2) is 23.9 Å². The Balaban J connectivity index is 2.10. The monoisotopic (exact) mass is 285 g/mol. The van der Waals surface area contributed by atoms with Gasteiger partial charge >= 0.3 is 0 Å². The summed E-state index contributed by atoms with van der Waals surface area (Å²) in [5.41, 5.74) is 0.994. The number of amides is 1. The second kappa shape index (κ2) is 6.07. The summed E-state index contributed by atoms with van der Waals surface area (Å²) in [6.45, 7) is 5.83. The number of carbonyl (C=O) groups excluding carboxylic acids is 1. The molecule has 1 aromatic rings. The van der Waals surface area contributed by atoms with Crippen molar-refractivity contribution >= 4 is 28.8 Å². The van der Waals surface area contributed by atoms with Crippen molar-refractivity contribution in [2.75, 3.05) is 13.1 Å². The van der Waals surface area contributed by atoms with Crippen molar-refractivity contribution in [1.29, 1.82) is 0 Å². The molecule has 1 fully saturated rings. The Morgan fingerprint density at radius 2 is 1.89 bits per heavy atom. The van der Waals surface area contributed by atoms with Crippen molar-refractivity contribution < 1.29 is 4.79 Å². The van der Waals surface area contributed by atoms with E-state index in [1.807, 2.05) is 17.9 Å². The minimum Gasteiger partial charge on any atom is -0.341 e. The first-order valence-electron chi connectivity index (χ1n) is 6.59. The number of alkyl halides is 1. The third-order valence-electron chi connectivity index (χ3n) is 3.49. The van der Waals surface area contributed by atoms with Crippen LogP contribution in [0.25, 0.3) is 0 Å². The van der Waals surface area contributed by atoms with Crippen LogP contribution in [0.5, 0.6) is 0 Å². The first-order chi connectivity index (χ1) is 8.59. The second-order valence-electron chi connectivity index (χ2n) is 4.97. The van der Waals surface area contributed by atoms with Crippen molar-refractivity contribution in [3.05, 3.63) is 21.4 Å². The Bertz CT molecular complexity index is 421. The smallest absolute Gasteiger partial charge is 0.245 e. The molecule has 4 heteroatoms. The molecule has 2 heterocycles. The van der Waals surface area contributed by atoms with Gasteiger partial charge in [0, 0.05) is 22.8 Å². The van der Waals surface area contributed by atoms with Gasteiger partial charge in [0.1, 0.15) is 5.38 Å². The van der Waals surface area contributed by atoms with Gasteiger partial charge in [-0.05, 0) is 38.3 Å². The SMILES string of the molecule is Cc1cc(C(Cl)C(=O)N2CCCCCC2)c(C)s1. The number of halogens is 1. The molecule has 1 aliphatic heterocycles. The molecule has 1 amide bonds. The Morgan fingerprint density at radius 1 is 1.28 bits per heavy atom. The van der Waals surface area contributed by atoms with E-state index in [1.54, 1.807) is 11.3 Å². The van der Waals surface area contributed by atoms with E-state index in [0.717, 1.165) is 36.4 Å². The average Bonchev–Trinajstić information content (AvgIpc) is 2.59. The Hall–Kier alpha value is -0.540. The van der Waals surface area contributed by atoms with Gasteiger partial charge in [-0.25, -0.2) is 0 Å². The number of aryl methyl sites for hydroxylation is 2. The van der Waals surface area contributed by atoms with Crippen LogP contribution in [0.15, 0.2) is 6.07 Å². The van der Waals surface area contributed by atoms with Crippen LogP contribution in [0.3, 0.4) is 0 Å². The van der Waals surface area contributed by atoms with E-state index in [9.17, 15) is 4.79 Å². The van der Waals surface area contributed by atoms with Gasteiger partial charge in [-0.15, -0.1) is 22.9 Å². The first kappa shape index (κ1) is 13.9. The van der Waals surface area contributed by atoms with Gasteiger partial charge in [0.2, 0.25) is 5.91 Å². The lowest BCUT2D eigenvalue weighted by Crippen LogP contribution is -2.34. The molecule has 1 saturated heterocycles. The minimum atomic E-state index is -0.506. The van der Waals surface area contributed by atoms with Crippen molar-refractivity contribution in [3.63, 3.8) is 0 Å². The lowest BCUT2D eigenvalue weighted by molar-refractivity contribution is -0.130. The van der Waals surface area contributed by atoms with Crippen LogP contribution in [0.1, 0.15) is 46.4 Å².